The largest absolute Gasteiger partial charge is 0.465 e. The zero-order chi connectivity index (χ0) is 18.9. The number of benzene rings is 1. The van der Waals surface area contributed by atoms with Crippen molar-refractivity contribution in [3.8, 4) is 0 Å². The molecule has 0 fully saturated rings. The van der Waals surface area contributed by atoms with Crippen molar-refractivity contribution in [3.63, 3.8) is 0 Å². The molecule has 0 atom stereocenters. The molecular formula is C17H18N2O6S. The van der Waals surface area contributed by atoms with Crippen molar-refractivity contribution in [1.29, 1.82) is 0 Å². The van der Waals surface area contributed by atoms with E-state index in [9.17, 15) is 14.4 Å². The smallest absolute Gasteiger partial charge is 0.337 e. The number of anilines is 1. The number of ether oxygens (including phenoxy) is 2. The molecule has 0 radical (unpaired) electrons. The highest BCUT2D eigenvalue weighted by molar-refractivity contribution is 8.00. The molecule has 8 nitrogen and oxygen atoms in total. The lowest BCUT2D eigenvalue weighted by Crippen LogP contribution is -2.16. The van der Waals surface area contributed by atoms with Crippen molar-refractivity contribution in [3.05, 3.63) is 47.2 Å². The Labute approximate surface area is 154 Å². The van der Waals surface area contributed by atoms with Crippen LogP contribution < -0.4 is 5.32 Å². The summed E-state index contributed by atoms with van der Waals surface area (Å²) in [7, 11) is 1.31. The molecule has 0 saturated heterocycles. The maximum absolute atomic E-state index is 11.7. The molecule has 0 saturated carbocycles. The summed E-state index contributed by atoms with van der Waals surface area (Å²) < 4.78 is 14.6. The number of carbonyl (C=O) groups excluding carboxylic acids is 3. The number of hydrogen-bond acceptors (Lipinski definition) is 8. The topological polar surface area (TPSA) is 108 Å². The summed E-state index contributed by atoms with van der Waals surface area (Å²) in [6, 6.07) is 8.15. The van der Waals surface area contributed by atoms with Crippen LogP contribution in [-0.2, 0) is 25.7 Å². The van der Waals surface area contributed by atoms with Gasteiger partial charge in [-0.25, -0.2) is 4.79 Å². The standard InChI is InChI=1S/C17H18N2O6S/c1-11-7-14(19-25-11)18-15(20)9-26-10-16(21)24-8-12-3-5-13(6-4-12)17(22)23-2/h3-7H,8-10H2,1-2H3,(H,18,19,20). The number of nitrogens with one attached hydrogen (secondary N) is 1. The van der Waals surface area contributed by atoms with Crippen molar-refractivity contribution >= 4 is 35.4 Å². The third-order valence-corrected chi connectivity index (χ3v) is 4.03. The van der Waals surface area contributed by atoms with E-state index in [1.54, 1.807) is 37.3 Å². The highest BCUT2D eigenvalue weighted by Crippen LogP contribution is 2.10. The molecule has 0 aliphatic carbocycles. The summed E-state index contributed by atoms with van der Waals surface area (Å²) in [5, 5.41) is 6.21. The summed E-state index contributed by atoms with van der Waals surface area (Å²) in [6.45, 7) is 1.81. The molecule has 26 heavy (non-hydrogen) atoms. The fraction of sp³-hybridized carbons (Fsp3) is 0.294. The lowest BCUT2D eigenvalue weighted by Gasteiger charge is -2.06. The van der Waals surface area contributed by atoms with E-state index in [0.29, 0.717) is 17.1 Å². The Bertz CT molecular complexity index is 772. The predicted molar refractivity (Wildman–Crippen MR) is 94.8 cm³/mol. The summed E-state index contributed by atoms with van der Waals surface area (Å²) in [5.41, 5.74) is 1.17. The van der Waals surface area contributed by atoms with Crippen LogP contribution in [0, 0.1) is 6.92 Å². The van der Waals surface area contributed by atoms with Gasteiger partial charge in [-0.1, -0.05) is 17.3 Å². The Morgan fingerprint density at radius 3 is 2.54 bits per heavy atom. The first-order valence-corrected chi connectivity index (χ1v) is 8.77. The summed E-state index contributed by atoms with van der Waals surface area (Å²) in [4.78, 5) is 34.7. The lowest BCUT2D eigenvalue weighted by molar-refractivity contribution is -0.141. The third kappa shape index (κ3) is 6.25. The van der Waals surface area contributed by atoms with E-state index >= 15 is 0 Å². The predicted octanol–water partition coefficient (Wildman–Crippen LogP) is 2.18. The SMILES string of the molecule is COC(=O)c1ccc(COC(=O)CSCC(=O)Nc2cc(C)on2)cc1. The maximum Gasteiger partial charge on any atom is 0.337 e. The van der Waals surface area contributed by atoms with Gasteiger partial charge in [0.15, 0.2) is 5.82 Å². The lowest BCUT2D eigenvalue weighted by atomic mass is 10.1. The van der Waals surface area contributed by atoms with Gasteiger partial charge in [0.2, 0.25) is 5.91 Å². The second-order valence-corrected chi connectivity index (χ2v) is 6.20. The number of hydrogen-bond donors (Lipinski definition) is 1. The minimum Gasteiger partial charge on any atom is -0.465 e. The first kappa shape index (κ1) is 19.5. The Balaban J connectivity index is 1.65. The van der Waals surface area contributed by atoms with Gasteiger partial charge in [0.1, 0.15) is 12.4 Å². The molecule has 1 aromatic carbocycles. The zero-order valence-corrected chi connectivity index (χ0v) is 15.1. The minimum atomic E-state index is -0.433. The van der Waals surface area contributed by atoms with E-state index < -0.39 is 11.9 Å². The van der Waals surface area contributed by atoms with E-state index in [1.807, 2.05) is 0 Å². The Morgan fingerprint density at radius 2 is 1.92 bits per heavy atom. The number of aromatic nitrogens is 1. The van der Waals surface area contributed by atoms with E-state index in [4.69, 9.17) is 9.26 Å². The van der Waals surface area contributed by atoms with Gasteiger partial charge < -0.3 is 19.3 Å². The van der Waals surface area contributed by atoms with Gasteiger partial charge in [-0.2, -0.15) is 0 Å². The van der Waals surface area contributed by atoms with Crippen LogP contribution in [0.2, 0.25) is 0 Å². The van der Waals surface area contributed by atoms with Crippen LogP contribution in [0.4, 0.5) is 5.82 Å². The number of rotatable bonds is 8. The Kier molecular flexibility index (Phi) is 7.22. The molecule has 1 heterocycles. The van der Waals surface area contributed by atoms with Crippen LogP contribution >= 0.6 is 11.8 Å². The number of amides is 1. The van der Waals surface area contributed by atoms with Crippen LogP contribution in [0.3, 0.4) is 0 Å². The number of nitrogens with zero attached hydrogens (tertiary/aromatic N) is 1. The molecule has 1 aromatic heterocycles. The van der Waals surface area contributed by atoms with Crippen molar-refractivity contribution in [2.24, 2.45) is 0 Å². The maximum atomic E-state index is 11.7. The van der Waals surface area contributed by atoms with Crippen LogP contribution in [-0.4, -0.2) is 41.6 Å². The molecule has 0 aliphatic heterocycles. The van der Waals surface area contributed by atoms with E-state index in [2.05, 4.69) is 15.2 Å². The van der Waals surface area contributed by atoms with Gasteiger partial charge in [0, 0.05) is 6.07 Å². The molecule has 0 unspecified atom stereocenters. The molecular weight excluding hydrogens is 360 g/mol. The number of carbonyl (C=O) groups is 3. The van der Waals surface area contributed by atoms with E-state index in [-0.39, 0.29) is 24.0 Å². The second kappa shape index (κ2) is 9.62. The van der Waals surface area contributed by atoms with Gasteiger partial charge in [-0.05, 0) is 24.6 Å². The van der Waals surface area contributed by atoms with Crippen LogP contribution in [0.1, 0.15) is 21.7 Å². The molecule has 9 heteroatoms. The highest BCUT2D eigenvalue weighted by atomic mass is 32.2. The summed E-state index contributed by atoms with van der Waals surface area (Å²) >= 11 is 1.13. The monoisotopic (exact) mass is 378 g/mol. The Hall–Kier alpha value is -2.81. The quantitative estimate of drug-likeness (QED) is 0.697. The molecule has 2 rings (SSSR count). The molecule has 0 bridgehead atoms. The average Bonchev–Trinajstić information content (AvgIpc) is 3.04. The normalized spacial score (nSPS) is 10.2. The van der Waals surface area contributed by atoms with Crippen molar-refractivity contribution in [2.45, 2.75) is 13.5 Å². The van der Waals surface area contributed by atoms with Gasteiger partial charge in [0.25, 0.3) is 0 Å². The minimum absolute atomic E-state index is 0.0471. The van der Waals surface area contributed by atoms with Gasteiger partial charge in [-0.3, -0.25) is 9.59 Å². The van der Waals surface area contributed by atoms with Crippen LogP contribution in [0.25, 0.3) is 0 Å². The Morgan fingerprint density at radius 1 is 1.19 bits per heavy atom. The van der Waals surface area contributed by atoms with E-state index in [1.165, 1.54) is 7.11 Å². The molecule has 1 N–H and O–H groups in total. The fourth-order valence-electron chi connectivity index (χ4n) is 1.89. The first-order chi connectivity index (χ1) is 12.5. The fourth-order valence-corrected chi connectivity index (χ4v) is 2.50. The summed E-state index contributed by atoms with van der Waals surface area (Å²) in [5.74, 6) is -0.0711. The number of esters is 2. The second-order valence-electron chi connectivity index (χ2n) is 5.21. The third-order valence-electron chi connectivity index (χ3n) is 3.12. The van der Waals surface area contributed by atoms with Crippen molar-refractivity contribution in [2.75, 3.05) is 23.9 Å². The van der Waals surface area contributed by atoms with E-state index in [0.717, 1.165) is 17.3 Å². The summed E-state index contributed by atoms with van der Waals surface area (Å²) in [6.07, 6.45) is 0. The average molecular weight is 378 g/mol. The van der Waals surface area contributed by atoms with Crippen molar-refractivity contribution < 1.29 is 28.4 Å². The van der Waals surface area contributed by atoms with Crippen molar-refractivity contribution in [1.82, 2.24) is 5.16 Å². The molecule has 138 valence electrons. The number of aryl methyl sites for hydroxylation is 1. The highest BCUT2D eigenvalue weighted by Gasteiger charge is 2.10. The number of thioether (sulfide) groups is 1. The molecule has 2 aromatic rings. The van der Waals surface area contributed by atoms with Crippen LogP contribution in [0.5, 0.6) is 0 Å². The van der Waals surface area contributed by atoms with Crippen LogP contribution in [0.15, 0.2) is 34.9 Å². The zero-order valence-electron chi connectivity index (χ0n) is 14.3. The van der Waals surface area contributed by atoms with Gasteiger partial charge in [-0.15, -0.1) is 11.8 Å². The molecule has 0 aliphatic rings. The number of methoxy groups -OCH3 is 1. The van der Waals surface area contributed by atoms with Gasteiger partial charge >= 0.3 is 11.9 Å². The molecule has 0 spiro atoms. The first-order valence-electron chi connectivity index (χ1n) is 7.61. The van der Waals surface area contributed by atoms with Gasteiger partial charge in [0.05, 0.1) is 24.2 Å². The molecule has 1 amide bonds.